The van der Waals surface area contributed by atoms with Crippen molar-refractivity contribution in [1.29, 1.82) is 0 Å². The van der Waals surface area contributed by atoms with E-state index >= 15 is 0 Å². The molecule has 0 saturated carbocycles. The van der Waals surface area contributed by atoms with Gasteiger partial charge in [-0.2, -0.15) is 0 Å². The number of benzene rings is 3. The Morgan fingerprint density at radius 2 is 1.51 bits per heavy atom. The Morgan fingerprint density at radius 1 is 0.838 bits per heavy atom. The second-order valence-corrected chi connectivity index (χ2v) is 16.1. The van der Waals surface area contributed by atoms with Gasteiger partial charge in [0.1, 0.15) is 17.3 Å². The lowest BCUT2D eigenvalue weighted by atomic mass is 10.00. The third-order valence-electron chi connectivity index (χ3n) is 6.38. The standard InChI is InChI=1S/C30H37N3O3Si/c1-23(25-11-15-27(34-2)16-12-25)29-31-32-30(33(29)21-24-9-7-6-8-10-24)26-13-17-28(18-14-26)36-22-35-19-20-37(3,4)5/h6-18,23H,19-22H2,1-5H3. The number of aromatic nitrogens is 3. The van der Waals surface area contributed by atoms with Crippen molar-refractivity contribution in [1.82, 2.24) is 14.8 Å². The number of hydrogen-bond donors (Lipinski definition) is 0. The van der Waals surface area contributed by atoms with Gasteiger partial charge in [0.2, 0.25) is 0 Å². The smallest absolute Gasteiger partial charge is 0.189 e. The molecule has 4 aromatic rings. The molecule has 6 nitrogen and oxygen atoms in total. The summed E-state index contributed by atoms with van der Waals surface area (Å²) < 4.78 is 19.0. The summed E-state index contributed by atoms with van der Waals surface area (Å²) in [5, 5.41) is 9.28. The summed E-state index contributed by atoms with van der Waals surface area (Å²) in [7, 11) is 0.581. The Kier molecular flexibility index (Phi) is 8.79. The quantitative estimate of drug-likeness (QED) is 0.117. The van der Waals surface area contributed by atoms with Crippen LogP contribution in [-0.2, 0) is 11.3 Å². The average Bonchev–Trinajstić information content (AvgIpc) is 3.31. The molecule has 1 heterocycles. The SMILES string of the molecule is COc1ccc(C(C)c2nnc(-c3ccc(OCOCC[Si](C)(C)C)cc3)n2Cc2ccccc2)cc1. The van der Waals surface area contributed by atoms with E-state index in [1.807, 2.05) is 42.5 Å². The Bertz CT molecular complexity index is 1250. The molecule has 0 aliphatic heterocycles. The van der Waals surface area contributed by atoms with E-state index in [1.165, 1.54) is 5.56 Å². The zero-order valence-electron chi connectivity index (χ0n) is 22.5. The highest BCUT2D eigenvalue weighted by atomic mass is 28.3. The predicted molar refractivity (Wildman–Crippen MR) is 151 cm³/mol. The molecule has 0 bridgehead atoms. The molecule has 37 heavy (non-hydrogen) atoms. The topological polar surface area (TPSA) is 58.4 Å². The molecule has 0 saturated heterocycles. The van der Waals surface area contributed by atoms with Crippen LogP contribution < -0.4 is 9.47 Å². The summed E-state index contributed by atoms with van der Waals surface area (Å²) >= 11 is 0. The molecule has 4 rings (SSSR count). The second kappa shape index (κ2) is 12.2. The van der Waals surface area contributed by atoms with Crippen LogP contribution >= 0.6 is 0 Å². The first kappa shape index (κ1) is 26.6. The van der Waals surface area contributed by atoms with Gasteiger partial charge in [-0.25, -0.2) is 0 Å². The fourth-order valence-electron chi connectivity index (χ4n) is 4.06. The van der Waals surface area contributed by atoms with Crippen molar-refractivity contribution in [2.45, 2.75) is 45.1 Å². The zero-order chi connectivity index (χ0) is 26.3. The van der Waals surface area contributed by atoms with E-state index in [1.54, 1.807) is 7.11 Å². The minimum absolute atomic E-state index is 0.0618. The maximum atomic E-state index is 5.80. The average molecular weight is 516 g/mol. The zero-order valence-corrected chi connectivity index (χ0v) is 23.5. The van der Waals surface area contributed by atoms with Crippen LogP contribution in [0.3, 0.4) is 0 Å². The summed E-state index contributed by atoms with van der Waals surface area (Å²) in [5.74, 6) is 3.42. The van der Waals surface area contributed by atoms with Gasteiger partial charge in [-0.3, -0.25) is 0 Å². The second-order valence-electron chi connectivity index (χ2n) is 10.5. The van der Waals surface area contributed by atoms with Crippen LogP contribution in [0.25, 0.3) is 11.4 Å². The van der Waals surface area contributed by atoms with Crippen LogP contribution in [0.1, 0.15) is 29.8 Å². The molecule has 0 spiro atoms. The largest absolute Gasteiger partial charge is 0.497 e. The van der Waals surface area contributed by atoms with Gasteiger partial charge < -0.3 is 18.8 Å². The van der Waals surface area contributed by atoms with E-state index in [9.17, 15) is 0 Å². The summed E-state index contributed by atoms with van der Waals surface area (Å²) in [6.45, 7) is 10.9. The van der Waals surface area contributed by atoms with E-state index in [0.29, 0.717) is 6.54 Å². The van der Waals surface area contributed by atoms with Crippen LogP contribution in [0.5, 0.6) is 11.5 Å². The van der Waals surface area contributed by atoms with Crippen molar-refractivity contribution in [2.75, 3.05) is 20.5 Å². The van der Waals surface area contributed by atoms with Gasteiger partial charge in [-0.1, -0.05) is 69.0 Å². The minimum atomic E-state index is -1.10. The fourth-order valence-corrected chi connectivity index (χ4v) is 4.82. The minimum Gasteiger partial charge on any atom is -0.497 e. The first-order chi connectivity index (χ1) is 17.8. The third-order valence-corrected chi connectivity index (χ3v) is 8.09. The molecule has 3 aromatic carbocycles. The lowest BCUT2D eigenvalue weighted by Gasteiger charge is -2.16. The Morgan fingerprint density at radius 3 is 2.16 bits per heavy atom. The molecule has 1 aromatic heterocycles. The highest BCUT2D eigenvalue weighted by Gasteiger charge is 2.21. The number of rotatable bonds is 12. The molecule has 7 heteroatoms. The Balaban J connectivity index is 1.54. The van der Waals surface area contributed by atoms with Crippen LogP contribution in [0.4, 0.5) is 0 Å². The molecule has 194 valence electrons. The molecule has 0 N–H and O–H groups in total. The van der Waals surface area contributed by atoms with Crippen molar-refractivity contribution in [3.63, 3.8) is 0 Å². The van der Waals surface area contributed by atoms with E-state index in [2.05, 4.69) is 77.7 Å². The highest BCUT2D eigenvalue weighted by Crippen LogP contribution is 2.29. The molecule has 0 fully saturated rings. The van der Waals surface area contributed by atoms with Crippen molar-refractivity contribution in [2.24, 2.45) is 0 Å². The first-order valence-corrected chi connectivity index (χ1v) is 16.5. The number of hydrogen-bond acceptors (Lipinski definition) is 5. The van der Waals surface area contributed by atoms with E-state index in [-0.39, 0.29) is 12.7 Å². The monoisotopic (exact) mass is 515 g/mol. The lowest BCUT2D eigenvalue weighted by Crippen LogP contribution is -2.22. The van der Waals surface area contributed by atoms with Crippen molar-refractivity contribution in [3.8, 4) is 22.9 Å². The van der Waals surface area contributed by atoms with Crippen LogP contribution in [0.2, 0.25) is 25.7 Å². The predicted octanol–water partition coefficient (Wildman–Crippen LogP) is 6.84. The van der Waals surface area contributed by atoms with Crippen molar-refractivity contribution < 1.29 is 14.2 Å². The molecule has 0 aliphatic rings. The molecule has 0 radical (unpaired) electrons. The molecule has 1 unspecified atom stereocenters. The number of nitrogens with zero attached hydrogens (tertiary/aromatic N) is 3. The van der Waals surface area contributed by atoms with E-state index in [4.69, 9.17) is 14.2 Å². The van der Waals surface area contributed by atoms with Crippen molar-refractivity contribution in [3.05, 3.63) is 95.8 Å². The van der Waals surface area contributed by atoms with Gasteiger partial charge in [-0.05, 0) is 53.6 Å². The van der Waals surface area contributed by atoms with Gasteiger partial charge in [0.15, 0.2) is 12.6 Å². The van der Waals surface area contributed by atoms with Crippen molar-refractivity contribution >= 4 is 8.07 Å². The lowest BCUT2D eigenvalue weighted by molar-refractivity contribution is 0.0220. The Hall–Kier alpha value is -3.42. The summed E-state index contributed by atoms with van der Waals surface area (Å²) in [6.07, 6.45) is 0. The highest BCUT2D eigenvalue weighted by molar-refractivity contribution is 6.76. The van der Waals surface area contributed by atoms with Crippen LogP contribution in [0.15, 0.2) is 78.9 Å². The van der Waals surface area contributed by atoms with Gasteiger partial charge in [0, 0.05) is 26.2 Å². The Labute approximate surface area is 221 Å². The number of ether oxygens (including phenoxy) is 3. The molecule has 0 aliphatic carbocycles. The fraction of sp³-hybridized carbons (Fsp3) is 0.333. The van der Waals surface area contributed by atoms with Crippen LogP contribution in [-0.4, -0.2) is 43.3 Å². The van der Waals surface area contributed by atoms with Gasteiger partial charge in [0.05, 0.1) is 13.7 Å². The normalized spacial score (nSPS) is 12.4. The van der Waals surface area contributed by atoms with E-state index in [0.717, 1.165) is 46.9 Å². The van der Waals surface area contributed by atoms with Gasteiger partial charge >= 0.3 is 0 Å². The van der Waals surface area contributed by atoms with Crippen LogP contribution in [0, 0.1) is 0 Å². The summed E-state index contributed by atoms with van der Waals surface area (Å²) in [4.78, 5) is 0. The molecule has 1 atom stereocenters. The molecular weight excluding hydrogens is 478 g/mol. The maximum absolute atomic E-state index is 5.80. The summed E-state index contributed by atoms with van der Waals surface area (Å²) in [5.41, 5.74) is 3.35. The first-order valence-electron chi connectivity index (χ1n) is 12.8. The third kappa shape index (κ3) is 7.30. The maximum Gasteiger partial charge on any atom is 0.189 e. The molecular formula is C30H37N3O3Si. The van der Waals surface area contributed by atoms with Gasteiger partial charge in [0.25, 0.3) is 0 Å². The van der Waals surface area contributed by atoms with Gasteiger partial charge in [-0.15, -0.1) is 10.2 Å². The molecule has 0 amide bonds. The number of methoxy groups -OCH3 is 1. The summed E-state index contributed by atoms with van der Waals surface area (Å²) in [6, 6.07) is 27.7. The van der Waals surface area contributed by atoms with E-state index < -0.39 is 8.07 Å².